The molecule has 0 saturated carbocycles. The highest BCUT2D eigenvalue weighted by Gasteiger charge is 2.54. The van der Waals surface area contributed by atoms with E-state index < -0.39 is 0 Å². The lowest BCUT2D eigenvalue weighted by molar-refractivity contribution is 0.171. The van der Waals surface area contributed by atoms with E-state index in [2.05, 4.69) is 34.7 Å². The van der Waals surface area contributed by atoms with E-state index in [1.165, 1.54) is 43.7 Å². The van der Waals surface area contributed by atoms with Crippen LogP contribution in [0.1, 0.15) is 25.7 Å². The Labute approximate surface area is 95.4 Å². The highest BCUT2D eigenvalue weighted by molar-refractivity contribution is 8.00. The summed E-state index contributed by atoms with van der Waals surface area (Å²) in [6.45, 7) is 1.39. The van der Waals surface area contributed by atoms with Crippen molar-refractivity contribution in [1.29, 1.82) is 0 Å². The summed E-state index contributed by atoms with van der Waals surface area (Å²) in [5.41, 5.74) is 0.627. The fourth-order valence-electron chi connectivity index (χ4n) is 3.74. The van der Waals surface area contributed by atoms with E-state index in [1.807, 2.05) is 0 Å². The van der Waals surface area contributed by atoms with E-state index in [4.69, 9.17) is 0 Å². The molecule has 0 aromatic carbocycles. The molecule has 1 nitrogen and oxygen atoms in total. The zero-order valence-electron chi connectivity index (χ0n) is 8.87. The fourth-order valence-corrected chi connectivity index (χ4v) is 6.32. The van der Waals surface area contributed by atoms with Crippen LogP contribution in [0.25, 0.3) is 0 Å². The van der Waals surface area contributed by atoms with Gasteiger partial charge in [-0.15, -0.1) is 0 Å². The maximum absolute atomic E-state index is 2.88. The average Bonchev–Trinajstić information content (AvgIpc) is 2.74. The van der Waals surface area contributed by atoms with Gasteiger partial charge in [0.2, 0.25) is 0 Å². The molecule has 3 fully saturated rings. The summed E-state index contributed by atoms with van der Waals surface area (Å²) < 4.78 is 0. The molecule has 3 aliphatic heterocycles. The third-order valence-corrected chi connectivity index (χ3v) is 6.43. The summed E-state index contributed by atoms with van der Waals surface area (Å²) in [7, 11) is 0. The van der Waals surface area contributed by atoms with E-state index in [9.17, 15) is 0 Å². The predicted octanol–water partition coefficient (Wildman–Crippen LogP) is 2.46. The van der Waals surface area contributed by atoms with Gasteiger partial charge in [0.15, 0.2) is 0 Å². The summed E-state index contributed by atoms with van der Waals surface area (Å²) in [6, 6.07) is 0.953. The van der Waals surface area contributed by atoms with Crippen LogP contribution in [0.4, 0.5) is 0 Å². The molecule has 0 spiro atoms. The predicted molar refractivity (Wildman–Crippen MR) is 66.3 cm³/mol. The highest BCUT2D eigenvalue weighted by atomic mass is 32.2. The van der Waals surface area contributed by atoms with Crippen LogP contribution < -0.4 is 0 Å². The summed E-state index contributed by atoms with van der Waals surface area (Å²) in [4.78, 5) is 2.88. The van der Waals surface area contributed by atoms with Crippen molar-refractivity contribution in [2.45, 2.75) is 42.5 Å². The Balaban J connectivity index is 1.84. The van der Waals surface area contributed by atoms with Gasteiger partial charge in [0.25, 0.3) is 0 Å². The lowest BCUT2D eigenvalue weighted by Gasteiger charge is -2.34. The van der Waals surface area contributed by atoms with Crippen LogP contribution in [0.2, 0.25) is 0 Å². The van der Waals surface area contributed by atoms with Crippen LogP contribution in [0.5, 0.6) is 0 Å². The Morgan fingerprint density at radius 3 is 3.36 bits per heavy atom. The van der Waals surface area contributed by atoms with Gasteiger partial charge < -0.3 is 0 Å². The maximum Gasteiger partial charge on any atom is 0.0314 e. The van der Waals surface area contributed by atoms with Crippen molar-refractivity contribution in [2.24, 2.45) is 0 Å². The number of hydrogen-bond donors (Lipinski definition) is 0. The van der Waals surface area contributed by atoms with Crippen molar-refractivity contribution >= 4 is 23.5 Å². The zero-order valence-corrected chi connectivity index (χ0v) is 10.5. The van der Waals surface area contributed by atoms with Crippen molar-refractivity contribution in [3.05, 3.63) is 0 Å². The minimum absolute atomic E-state index is 0.627. The lowest BCUT2D eigenvalue weighted by atomic mass is 9.96. The molecule has 0 N–H and O–H groups in total. The maximum atomic E-state index is 2.88. The summed E-state index contributed by atoms with van der Waals surface area (Å²) in [5.74, 6) is 2.79. The molecule has 0 aliphatic carbocycles. The Kier molecular flexibility index (Phi) is 2.53. The standard InChI is InChI=1S/C11H19NS2/c1-13-8-11-4-2-5-12(11)9-3-6-14-10(9)7-11/h9-10H,2-8H2,1H3. The highest BCUT2D eigenvalue weighted by Crippen LogP contribution is 2.51. The Bertz CT molecular complexity index is 233. The average molecular weight is 229 g/mol. The Morgan fingerprint density at radius 1 is 1.57 bits per heavy atom. The minimum atomic E-state index is 0.627. The molecule has 80 valence electrons. The van der Waals surface area contributed by atoms with Crippen LogP contribution in [-0.4, -0.2) is 46.0 Å². The second-order valence-corrected chi connectivity index (χ2v) is 7.14. The normalized spacial score (nSPS) is 46.9. The van der Waals surface area contributed by atoms with E-state index in [0.29, 0.717) is 5.54 Å². The van der Waals surface area contributed by atoms with E-state index in [-0.39, 0.29) is 0 Å². The first-order valence-electron chi connectivity index (χ1n) is 5.73. The van der Waals surface area contributed by atoms with Crippen molar-refractivity contribution in [3.63, 3.8) is 0 Å². The second-order valence-electron chi connectivity index (χ2n) is 4.92. The SMILES string of the molecule is CSCC12CCCN1C1CCSC1C2. The molecule has 3 unspecified atom stereocenters. The summed E-state index contributed by atoms with van der Waals surface area (Å²) in [5, 5.41) is 0.988. The van der Waals surface area contributed by atoms with E-state index in [0.717, 1.165) is 11.3 Å². The van der Waals surface area contributed by atoms with Gasteiger partial charge in [-0.25, -0.2) is 0 Å². The van der Waals surface area contributed by atoms with Crippen LogP contribution in [0, 0.1) is 0 Å². The van der Waals surface area contributed by atoms with Gasteiger partial charge in [-0.3, -0.25) is 4.90 Å². The van der Waals surface area contributed by atoms with E-state index in [1.54, 1.807) is 0 Å². The first-order valence-corrected chi connectivity index (χ1v) is 8.17. The quantitative estimate of drug-likeness (QED) is 0.716. The molecule has 0 aromatic heterocycles. The summed E-state index contributed by atoms with van der Waals surface area (Å²) >= 11 is 4.30. The van der Waals surface area contributed by atoms with Crippen molar-refractivity contribution < 1.29 is 0 Å². The third kappa shape index (κ3) is 1.28. The van der Waals surface area contributed by atoms with Crippen molar-refractivity contribution in [1.82, 2.24) is 4.90 Å². The molecule has 3 atom stereocenters. The smallest absolute Gasteiger partial charge is 0.0314 e. The first kappa shape index (κ1) is 9.86. The number of hydrogen-bond acceptors (Lipinski definition) is 3. The summed E-state index contributed by atoms with van der Waals surface area (Å²) in [6.07, 6.45) is 8.15. The van der Waals surface area contributed by atoms with Crippen LogP contribution in [-0.2, 0) is 0 Å². The molecular formula is C11H19NS2. The number of fused-ring (bicyclic) bond motifs is 3. The largest absolute Gasteiger partial charge is 0.293 e. The molecule has 0 radical (unpaired) electrons. The third-order valence-electron chi connectivity index (χ3n) is 4.22. The zero-order chi connectivity index (χ0) is 9.60. The lowest BCUT2D eigenvalue weighted by Crippen LogP contribution is -2.44. The molecule has 3 heterocycles. The Morgan fingerprint density at radius 2 is 2.50 bits per heavy atom. The molecular weight excluding hydrogens is 210 g/mol. The van der Waals surface area contributed by atoms with Crippen molar-refractivity contribution in [2.75, 3.05) is 24.3 Å². The van der Waals surface area contributed by atoms with Gasteiger partial charge in [-0.1, -0.05) is 0 Å². The fraction of sp³-hybridized carbons (Fsp3) is 1.00. The van der Waals surface area contributed by atoms with Gasteiger partial charge in [0.1, 0.15) is 0 Å². The molecule has 3 saturated heterocycles. The van der Waals surface area contributed by atoms with Crippen LogP contribution >= 0.6 is 23.5 Å². The van der Waals surface area contributed by atoms with Gasteiger partial charge in [-0.05, 0) is 44.2 Å². The molecule has 3 heteroatoms. The van der Waals surface area contributed by atoms with Gasteiger partial charge >= 0.3 is 0 Å². The first-order chi connectivity index (χ1) is 6.86. The topological polar surface area (TPSA) is 3.24 Å². The second kappa shape index (κ2) is 3.60. The van der Waals surface area contributed by atoms with Gasteiger partial charge in [0.05, 0.1) is 0 Å². The van der Waals surface area contributed by atoms with Crippen molar-refractivity contribution in [3.8, 4) is 0 Å². The molecule has 3 aliphatic rings. The molecule has 14 heavy (non-hydrogen) atoms. The van der Waals surface area contributed by atoms with Gasteiger partial charge in [-0.2, -0.15) is 23.5 Å². The van der Waals surface area contributed by atoms with E-state index >= 15 is 0 Å². The number of nitrogens with zero attached hydrogens (tertiary/aromatic N) is 1. The number of thioether (sulfide) groups is 2. The molecule has 3 rings (SSSR count). The van der Waals surface area contributed by atoms with Crippen LogP contribution in [0.3, 0.4) is 0 Å². The number of rotatable bonds is 2. The molecule has 0 amide bonds. The Hall–Kier alpha value is 0.660. The van der Waals surface area contributed by atoms with Gasteiger partial charge in [0, 0.05) is 22.6 Å². The molecule has 0 bridgehead atoms. The monoisotopic (exact) mass is 229 g/mol. The van der Waals surface area contributed by atoms with Crippen LogP contribution in [0.15, 0.2) is 0 Å². The molecule has 0 aromatic rings. The minimum Gasteiger partial charge on any atom is -0.293 e.